The average Bonchev–Trinajstić information content (AvgIpc) is 2.91. The van der Waals surface area contributed by atoms with Gasteiger partial charge in [0.05, 0.1) is 0 Å². The van der Waals surface area contributed by atoms with Gasteiger partial charge in [0.15, 0.2) is 0 Å². The van der Waals surface area contributed by atoms with Crippen LogP contribution in [0, 0.1) is 0 Å². The van der Waals surface area contributed by atoms with E-state index in [-0.39, 0.29) is 0 Å². The normalized spacial score (nSPS) is 11.0. The number of aryl methyl sites for hydroxylation is 2. The zero-order chi connectivity index (χ0) is 26.6. The fourth-order valence-corrected chi connectivity index (χ4v) is 5.16. The molecule has 3 nitrogen and oxygen atoms in total. The molecule has 0 aliphatic heterocycles. The minimum atomic E-state index is 0.539. The molecule has 0 saturated carbocycles. The first-order valence-electron chi connectivity index (χ1n) is 15.0. The summed E-state index contributed by atoms with van der Waals surface area (Å²) in [5.74, 6) is 1.85. The van der Waals surface area contributed by atoms with Gasteiger partial charge in [-0.25, -0.2) is 0 Å². The lowest BCUT2D eigenvalue weighted by atomic mass is 9.95. The lowest BCUT2D eigenvalue weighted by Gasteiger charge is -2.19. The van der Waals surface area contributed by atoms with E-state index in [4.69, 9.17) is 4.74 Å². The number of hydrogen-bond donors (Lipinski definition) is 0. The van der Waals surface area contributed by atoms with Crippen LogP contribution >= 0.6 is 0 Å². The van der Waals surface area contributed by atoms with Crippen LogP contribution in [-0.2, 0) is 35.3 Å². The largest absolute Gasteiger partial charge is 0.457 e. The molecule has 0 aromatic heterocycles. The summed E-state index contributed by atoms with van der Waals surface area (Å²) in [6.45, 7) is 4.50. The summed E-state index contributed by atoms with van der Waals surface area (Å²) in [5, 5.41) is 0. The van der Waals surface area contributed by atoms with Gasteiger partial charge >= 0.3 is 0 Å². The predicted octanol–water partition coefficient (Wildman–Crippen LogP) is 9.55. The van der Waals surface area contributed by atoms with Gasteiger partial charge in [-0.1, -0.05) is 102 Å². The molecule has 0 fully saturated rings. The fraction of sp³-hybridized carbons (Fsp3) is 0.588. The van der Waals surface area contributed by atoms with E-state index in [0.717, 1.165) is 62.6 Å². The van der Waals surface area contributed by atoms with Gasteiger partial charge in [-0.3, -0.25) is 0 Å². The number of hydrogen-bond acceptors (Lipinski definition) is 3. The molecule has 37 heavy (non-hydrogen) atoms. The highest BCUT2D eigenvalue weighted by Gasteiger charge is 2.15. The third-order valence-electron chi connectivity index (χ3n) is 7.30. The summed E-state index contributed by atoms with van der Waals surface area (Å²) < 4.78 is 6.70. The van der Waals surface area contributed by atoms with Crippen molar-refractivity contribution in [3.8, 4) is 11.5 Å². The van der Waals surface area contributed by atoms with Crippen molar-refractivity contribution in [2.24, 2.45) is 0 Å². The molecule has 0 amide bonds. The first-order valence-corrected chi connectivity index (χ1v) is 15.0. The summed E-state index contributed by atoms with van der Waals surface area (Å²) >= 11 is 0. The Labute approximate surface area is 226 Å². The maximum Gasteiger partial charge on any atom is 0.130 e. The number of carbonyl (C=O) groups is 2. The SMILES string of the molecule is CCCCCCCCc1c(CCC=O)cccc1Oc1cccc(CCC=O)c1CCCCCCCC. The number of unbranched alkanes of at least 4 members (excludes halogenated alkanes) is 10. The van der Waals surface area contributed by atoms with Gasteiger partial charge in [-0.2, -0.15) is 0 Å². The Bertz CT molecular complexity index is 828. The molecule has 2 rings (SSSR count). The highest BCUT2D eigenvalue weighted by atomic mass is 16.5. The van der Waals surface area contributed by atoms with Crippen LogP contribution in [0.15, 0.2) is 36.4 Å². The van der Waals surface area contributed by atoms with E-state index in [9.17, 15) is 9.59 Å². The lowest BCUT2D eigenvalue weighted by molar-refractivity contribution is -0.108. The van der Waals surface area contributed by atoms with Crippen LogP contribution < -0.4 is 4.74 Å². The molecule has 0 N–H and O–H groups in total. The standard InChI is InChI=1S/C34H50O3/c1-3-5-7-9-11-13-23-31-29(21-17-27-35)19-15-25-33(31)37-34-26-16-20-30(22-18-28-36)32(34)24-14-12-10-8-6-4-2/h15-16,19-20,25-28H,3-14,17-18,21-24H2,1-2H3. The first kappa shape index (κ1) is 30.8. The van der Waals surface area contributed by atoms with Crippen LogP contribution in [0.5, 0.6) is 11.5 Å². The molecule has 0 saturated heterocycles. The Morgan fingerprint density at radius 1 is 0.541 bits per heavy atom. The van der Waals surface area contributed by atoms with E-state index in [1.165, 1.54) is 86.5 Å². The van der Waals surface area contributed by atoms with Crippen LogP contribution in [0.25, 0.3) is 0 Å². The fourth-order valence-electron chi connectivity index (χ4n) is 5.16. The molecule has 0 radical (unpaired) electrons. The van der Waals surface area contributed by atoms with Crippen molar-refractivity contribution < 1.29 is 14.3 Å². The summed E-state index contributed by atoms with van der Waals surface area (Å²) in [5.41, 5.74) is 4.97. The van der Waals surface area contributed by atoms with E-state index >= 15 is 0 Å². The average molecular weight is 507 g/mol. The van der Waals surface area contributed by atoms with E-state index in [1.807, 2.05) is 0 Å². The molecule has 3 heteroatoms. The molecule has 0 atom stereocenters. The molecule has 2 aromatic rings. The Morgan fingerprint density at radius 3 is 1.35 bits per heavy atom. The second-order valence-corrected chi connectivity index (χ2v) is 10.3. The van der Waals surface area contributed by atoms with Crippen molar-refractivity contribution in [3.05, 3.63) is 58.7 Å². The second-order valence-electron chi connectivity index (χ2n) is 10.3. The number of aldehydes is 2. The topological polar surface area (TPSA) is 43.4 Å². The van der Waals surface area contributed by atoms with Gasteiger partial charge < -0.3 is 14.3 Å². The zero-order valence-electron chi connectivity index (χ0n) is 23.6. The Hall–Kier alpha value is -2.42. The Balaban J connectivity index is 2.23. The quantitative estimate of drug-likeness (QED) is 0.118. The van der Waals surface area contributed by atoms with Gasteiger partial charge in [0.25, 0.3) is 0 Å². The monoisotopic (exact) mass is 506 g/mol. The second kappa shape index (κ2) is 19.7. The summed E-state index contributed by atoms with van der Waals surface area (Å²) in [7, 11) is 0. The van der Waals surface area contributed by atoms with Crippen molar-refractivity contribution in [1.29, 1.82) is 0 Å². The molecule has 2 aromatic carbocycles. The van der Waals surface area contributed by atoms with E-state index in [0.29, 0.717) is 12.8 Å². The van der Waals surface area contributed by atoms with Crippen LogP contribution in [0.4, 0.5) is 0 Å². The van der Waals surface area contributed by atoms with Gasteiger partial charge in [0, 0.05) is 12.8 Å². The zero-order valence-corrected chi connectivity index (χ0v) is 23.6. The number of benzene rings is 2. The molecular weight excluding hydrogens is 456 g/mol. The van der Waals surface area contributed by atoms with Gasteiger partial charge in [0.1, 0.15) is 24.1 Å². The Morgan fingerprint density at radius 2 is 0.946 bits per heavy atom. The number of rotatable bonds is 22. The summed E-state index contributed by atoms with van der Waals surface area (Å²) in [4.78, 5) is 22.2. The van der Waals surface area contributed by atoms with Crippen molar-refractivity contribution in [3.63, 3.8) is 0 Å². The molecule has 0 aliphatic carbocycles. The molecule has 0 bridgehead atoms. The molecule has 0 spiro atoms. The van der Waals surface area contributed by atoms with E-state index < -0.39 is 0 Å². The van der Waals surface area contributed by atoms with Crippen molar-refractivity contribution >= 4 is 12.6 Å². The molecule has 0 heterocycles. The van der Waals surface area contributed by atoms with Crippen LogP contribution in [0.3, 0.4) is 0 Å². The molecular formula is C34H50O3. The van der Waals surface area contributed by atoms with Gasteiger partial charge in [-0.05, 0) is 72.9 Å². The maximum atomic E-state index is 11.1. The maximum absolute atomic E-state index is 11.1. The molecule has 0 aliphatic rings. The van der Waals surface area contributed by atoms with Crippen molar-refractivity contribution in [2.45, 2.75) is 129 Å². The third kappa shape index (κ3) is 11.7. The predicted molar refractivity (Wildman–Crippen MR) is 156 cm³/mol. The lowest BCUT2D eigenvalue weighted by Crippen LogP contribution is -2.03. The summed E-state index contributed by atoms with van der Waals surface area (Å²) in [6.07, 6.45) is 21.6. The number of carbonyl (C=O) groups excluding carboxylic acids is 2. The molecule has 204 valence electrons. The van der Waals surface area contributed by atoms with E-state index in [2.05, 4.69) is 50.2 Å². The smallest absolute Gasteiger partial charge is 0.130 e. The highest BCUT2D eigenvalue weighted by molar-refractivity contribution is 5.53. The minimum absolute atomic E-state index is 0.539. The van der Waals surface area contributed by atoms with Crippen molar-refractivity contribution in [2.75, 3.05) is 0 Å². The molecule has 0 unspecified atom stereocenters. The van der Waals surface area contributed by atoms with Crippen LogP contribution in [-0.4, -0.2) is 12.6 Å². The first-order chi connectivity index (χ1) is 18.2. The third-order valence-corrected chi connectivity index (χ3v) is 7.30. The Kier molecular flexibility index (Phi) is 16.4. The van der Waals surface area contributed by atoms with Gasteiger partial charge in [0.2, 0.25) is 0 Å². The van der Waals surface area contributed by atoms with Crippen LogP contribution in [0.2, 0.25) is 0 Å². The minimum Gasteiger partial charge on any atom is -0.457 e. The van der Waals surface area contributed by atoms with Gasteiger partial charge in [-0.15, -0.1) is 0 Å². The van der Waals surface area contributed by atoms with Crippen LogP contribution in [0.1, 0.15) is 126 Å². The summed E-state index contributed by atoms with van der Waals surface area (Å²) in [6, 6.07) is 12.6. The van der Waals surface area contributed by atoms with E-state index in [1.54, 1.807) is 0 Å². The van der Waals surface area contributed by atoms with Crippen molar-refractivity contribution in [1.82, 2.24) is 0 Å². The number of ether oxygens (including phenoxy) is 1. The highest BCUT2D eigenvalue weighted by Crippen LogP contribution is 2.34.